The van der Waals surface area contributed by atoms with Gasteiger partial charge in [-0.1, -0.05) is 31.0 Å². The quantitative estimate of drug-likeness (QED) is 0.599. The summed E-state index contributed by atoms with van der Waals surface area (Å²) in [5, 5.41) is 14.7. The number of carbonyl (C=O) groups is 1. The smallest absolute Gasteiger partial charge is 0.241 e. The van der Waals surface area contributed by atoms with Crippen LogP contribution < -0.4 is 10.6 Å². The van der Waals surface area contributed by atoms with Gasteiger partial charge in [0.25, 0.3) is 0 Å². The molecule has 4 nitrogen and oxygen atoms in total. The number of aliphatic hydroxyl groups excluding tert-OH is 1. The van der Waals surface area contributed by atoms with E-state index in [9.17, 15) is 4.79 Å². The van der Waals surface area contributed by atoms with Crippen LogP contribution in [0.1, 0.15) is 32.6 Å². The van der Waals surface area contributed by atoms with E-state index >= 15 is 0 Å². The predicted molar refractivity (Wildman–Crippen MR) is 78.1 cm³/mol. The average Bonchev–Trinajstić information content (AvgIpc) is 2.43. The van der Waals surface area contributed by atoms with Gasteiger partial charge in [0.1, 0.15) is 0 Å². The number of hydrogen-bond donors (Lipinski definition) is 3. The Kier molecular flexibility index (Phi) is 7.86. The lowest BCUT2D eigenvalue weighted by Gasteiger charge is -2.14. The Hall–Kier alpha value is -1.39. The molecule has 19 heavy (non-hydrogen) atoms. The highest BCUT2D eigenvalue weighted by molar-refractivity contribution is 5.94. The Morgan fingerprint density at radius 1 is 1.16 bits per heavy atom. The van der Waals surface area contributed by atoms with Gasteiger partial charge < -0.3 is 15.7 Å². The van der Waals surface area contributed by atoms with Crippen LogP contribution in [0, 0.1) is 0 Å². The van der Waals surface area contributed by atoms with Crippen molar-refractivity contribution in [2.45, 2.75) is 38.6 Å². The lowest BCUT2D eigenvalue weighted by atomic mass is 10.2. The summed E-state index contributed by atoms with van der Waals surface area (Å²) < 4.78 is 0. The molecule has 0 heterocycles. The third kappa shape index (κ3) is 6.94. The van der Waals surface area contributed by atoms with E-state index in [0.717, 1.165) is 37.9 Å². The Morgan fingerprint density at radius 3 is 2.53 bits per heavy atom. The summed E-state index contributed by atoms with van der Waals surface area (Å²) in [5.74, 6) is -0.0124. The Morgan fingerprint density at radius 2 is 1.84 bits per heavy atom. The van der Waals surface area contributed by atoms with E-state index in [-0.39, 0.29) is 18.6 Å². The molecule has 0 radical (unpaired) electrons. The van der Waals surface area contributed by atoms with Crippen molar-refractivity contribution in [1.29, 1.82) is 0 Å². The molecule has 1 amide bonds. The molecular weight excluding hydrogens is 240 g/mol. The maximum absolute atomic E-state index is 11.9. The number of aliphatic hydroxyl groups is 1. The number of anilines is 1. The lowest BCUT2D eigenvalue weighted by Crippen LogP contribution is -2.38. The Bertz CT molecular complexity index is 354. The Balaban J connectivity index is 2.15. The van der Waals surface area contributed by atoms with E-state index in [1.807, 2.05) is 37.3 Å². The summed E-state index contributed by atoms with van der Waals surface area (Å²) in [5.41, 5.74) is 0.823. The second-order valence-corrected chi connectivity index (χ2v) is 4.67. The van der Waals surface area contributed by atoms with E-state index in [2.05, 4.69) is 10.6 Å². The zero-order valence-corrected chi connectivity index (χ0v) is 11.6. The molecule has 0 saturated carbocycles. The van der Waals surface area contributed by atoms with Gasteiger partial charge in [-0.05, 0) is 38.4 Å². The number of unbranched alkanes of at least 4 members (excludes halogenated alkanes) is 3. The highest BCUT2D eigenvalue weighted by atomic mass is 16.2. The first-order chi connectivity index (χ1) is 9.24. The van der Waals surface area contributed by atoms with Gasteiger partial charge in [0.2, 0.25) is 5.91 Å². The maximum Gasteiger partial charge on any atom is 0.241 e. The summed E-state index contributed by atoms with van der Waals surface area (Å²) in [7, 11) is 0. The van der Waals surface area contributed by atoms with E-state index in [0.29, 0.717) is 0 Å². The van der Waals surface area contributed by atoms with E-state index in [1.54, 1.807) is 0 Å². The number of carbonyl (C=O) groups excluding carboxylic acids is 1. The number of para-hydroxylation sites is 1. The molecule has 4 heteroatoms. The van der Waals surface area contributed by atoms with E-state index < -0.39 is 0 Å². The fourth-order valence-corrected chi connectivity index (χ4v) is 1.77. The molecule has 0 aliphatic carbocycles. The van der Waals surface area contributed by atoms with Crippen LogP contribution in [0.5, 0.6) is 0 Å². The van der Waals surface area contributed by atoms with Gasteiger partial charge in [-0.25, -0.2) is 0 Å². The molecule has 1 atom stereocenters. The van der Waals surface area contributed by atoms with Crippen molar-refractivity contribution in [2.75, 3.05) is 18.5 Å². The van der Waals surface area contributed by atoms with Crippen LogP contribution in [0.4, 0.5) is 5.69 Å². The van der Waals surface area contributed by atoms with Crippen molar-refractivity contribution in [3.8, 4) is 0 Å². The minimum atomic E-state index is -0.196. The first-order valence-electron chi connectivity index (χ1n) is 6.94. The minimum Gasteiger partial charge on any atom is -0.396 e. The molecule has 1 aromatic rings. The monoisotopic (exact) mass is 264 g/mol. The van der Waals surface area contributed by atoms with Gasteiger partial charge in [0.05, 0.1) is 6.04 Å². The van der Waals surface area contributed by atoms with Gasteiger partial charge >= 0.3 is 0 Å². The minimum absolute atomic E-state index is 0.0124. The molecule has 3 N–H and O–H groups in total. The summed E-state index contributed by atoms with van der Waals surface area (Å²) >= 11 is 0. The predicted octanol–water partition coefficient (Wildman–Crippen LogP) is 2.16. The van der Waals surface area contributed by atoms with Crippen LogP contribution in [0.25, 0.3) is 0 Å². The topological polar surface area (TPSA) is 61.4 Å². The third-order valence-electron chi connectivity index (χ3n) is 2.97. The number of rotatable bonds is 9. The highest BCUT2D eigenvalue weighted by Gasteiger charge is 2.11. The summed E-state index contributed by atoms with van der Waals surface area (Å²) in [4.78, 5) is 11.9. The molecule has 0 aromatic heterocycles. The van der Waals surface area contributed by atoms with Gasteiger partial charge in [0.15, 0.2) is 0 Å². The van der Waals surface area contributed by atoms with Gasteiger partial charge in [-0.3, -0.25) is 4.79 Å². The second-order valence-electron chi connectivity index (χ2n) is 4.67. The van der Waals surface area contributed by atoms with Crippen LogP contribution in [-0.2, 0) is 4.79 Å². The summed E-state index contributed by atoms with van der Waals surface area (Å²) in [6.07, 6.45) is 4.02. The first-order valence-corrected chi connectivity index (χ1v) is 6.94. The van der Waals surface area contributed by atoms with E-state index in [1.165, 1.54) is 0 Å². The summed E-state index contributed by atoms with van der Waals surface area (Å²) in [6, 6.07) is 9.27. The molecule has 1 rings (SSSR count). The molecular formula is C15H24N2O2. The second kappa shape index (κ2) is 9.53. The molecule has 0 aliphatic heterocycles. The molecule has 106 valence electrons. The van der Waals surface area contributed by atoms with Crippen LogP contribution in [0.15, 0.2) is 30.3 Å². The molecule has 1 aromatic carbocycles. The standard InChI is InChI=1S/C15H24N2O2/c1-13(16-11-7-2-3-8-12-18)15(19)17-14-9-5-4-6-10-14/h4-6,9-10,13,16,18H,2-3,7-8,11-12H2,1H3,(H,17,19). The largest absolute Gasteiger partial charge is 0.396 e. The fourth-order valence-electron chi connectivity index (χ4n) is 1.77. The zero-order valence-electron chi connectivity index (χ0n) is 11.6. The van der Waals surface area contributed by atoms with Crippen LogP contribution in [-0.4, -0.2) is 30.2 Å². The SMILES string of the molecule is CC(NCCCCCCO)C(=O)Nc1ccccc1. The molecule has 0 aliphatic rings. The van der Waals surface area contributed by atoms with Crippen molar-refractivity contribution in [1.82, 2.24) is 5.32 Å². The highest BCUT2D eigenvalue weighted by Crippen LogP contribution is 2.05. The maximum atomic E-state index is 11.9. The lowest BCUT2D eigenvalue weighted by molar-refractivity contribution is -0.117. The van der Waals surface area contributed by atoms with Crippen molar-refractivity contribution < 1.29 is 9.90 Å². The van der Waals surface area contributed by atoms with Crippen molar-refractivity contribution in [3.63, 3.8) is 0 Å². The fraction of sp³-hybridized carbons (Fsp3) is 0.533. The number of nitrogens with one attached hydrogen (secondary N) is 2. The van der Waals surface area contributed by atoms with E-state index in [4.69, 9.17) is 5.11 Å². The third-order valence-corrected chi connectivity index (χ3v) is 2.97. The summed E-state index contributed by atoms with van der Waals surface area (Å²) in [6.45, 7) is 2.96. The molecule has 0 bridgehead atoms. The van der Waals surface area contributed by atoms with Crippen LogP contribution >= 0.6 is 0 Å². The first kappa shape index (κ1) is 15.7. The molecule has 0 fully saturated rings. The molecule has 1 unspecified atom stereocenters. The molecule has 0 spiro atoms. The van der Waals surface area contributed by atoms with Crippen LogP contribution in [0.3, 0.4) is 0 Å². The number of amides is 1. The van der Waals surface area contributed by atoms with Gasteiger partial charge in [0, 0.05) is 12.3 Å². The zero-order chi connectivity index (χ0) is 13.9. The van der Waals surface area contributed by atoms with Crippen molar-refractivity contribution in [3.05, 3.63) is 30.3 Å². The average molecular weight is 264 g/mol. The number of hydrogen-bond acceptors (Lipinski definition) is 3. The molecule has 0 saturated heterocycles. The van der Waals surface area contributed by atoms with Crippen molar-refractivity contribution >= 4 is 11.6 Å². The normalized spacial score (nSPS) is 12.1. The van der Waals surface area contributed by atoms with Gasteiger partial charge in [-0.15, -0.1) is 0 Å². The number of benzene rings is 1. The Labute approximate surface area is 115 Å². The van der Waals surface area contributed by atoms with Crippen molar-refractivity contribution in [2.24, 2.45) is 0 Å². The van der Waals surface area contributed by atoms with Gasteiger partial charge in [-0.2, -0.15) is 0 Å². The van der Waals surface area contributed by atoms with Crippen LogP contribution in [0.2, 0.25) is 0 Å².